The number of carbonyl (C=O) groups is 2. The molecule has 9 heteroatoms. The lowest BCUT2D eigenvalue weighted by Crippen LogP contribution is -2.20. The van der Waals surface area contributed by atoms with Crippen molar-refractivity contribution in [3.8, 4) is 6.07 Å². The molecule has 0 bridgehead atoms. The first-order chi connectivity index (χ1) is 14.0. The quantitative estimate of drug-likeness (QED) is 0.493. The molecular weight excluding hydrogens is 451 g/mol. The van der Waals surface area contributed by atoms with Gasteiger partial charge in [-0.1, -0.05) is 29.3 Å². The minimum absolute atomic E-state index is 0.223. The van der Waals surface area contributed by atoms with Crippen molar-refractivity contribution < 1.29 is 14.3 Å². The van der Waals surface area contributed by atoms with Gasteiger partial charge in [0.05, 0.1) is 10.6 Å². The average Bonchev–Trinajstić information content (AvgIpc) is 3.22. The van der Waals surface area contributed by atoms with Gasteiger partial charge in [-0.2, -0.15) is 5.26 Å². The van der Waals surface area contributed by atoms with Gasteiger partial charge in [-0.15, -0.1) is 22.7 Å². The summed E-state index contributed by atoms with van der Waals surface area (Å²) in [6.45, 7) is -0.461. The molecule has 0 spiro atoms. The average molecular weight is 465 g/mol. The second kappa shape index (κ2) is 8.33. The molecule has 0 radical (unpaired) electrons. The van der Waals surface area contributed by atoms with E-state index < -0.39 is 18.5 Å². The van der Waals surface area contributed by atoms with Crippen molar-refractivity contribution in [1.29, 1.82) is 5.26 Å². The number of benzene rings is 1. The molecule has 1 N–H and O–H groups in total. The van der Waals surface area contributed by atoms with E-state index in [-0.39, 0.29) is 9.90 Å². The molecule has 2 aromatic heterocycles. The smallest absolute Gasteiger partial charge is 0.350 e. The third kappa shape index (κ3) is 3.99. The number of thiophene rings is 2. The van der Waals surface area contributed by atoms with Crippen LogP contribution in [0.3, 0.4) is 0 Å². The molecule has 3 aromatic rings. The molecule has 0 saturated heterocycles. The number of hydrogen-bond donors (Lipinski definition) is 1. The van der Waals surface area contributed by atoms with E-state index in [1.165, 1.54) is 11.3 Å². The van der Waals surface area contributed by atoms with Crippen molar-refractivity contribution in [2.45, 2.75) is 25.7 Å². The Balaban J connectivity index is 1.44. The number of amides is 1. The zero-order chi connectivity index (χ0) is 20.5. The number of nitrogens with one attached hydrogen (secondary N) is 1. The van der Waals surface area contributed by atoms with Crippen molar-refractivity contribution in [2.75, 3.05) is 11.9 Å². The van der Waals surface area contributed by atoms with Crippen LogP contribution in [0.2, 0.25) is 10.0 Å². The number of rotatable bonds is 4. The number of nitrogens with zero attached hydrogens (tertiary/aromatic N) is 1. The largest absolute Gasteiger partial charge is 0.451 e. The van der Waals surface area contributed by atoms with Gasteiger partial charge < -0.3 is 10.1 Å². The van der Waals surface area contributed by atoms with E-state index in [9.17, 15) is 14.9 Å². The van der Waals surface area contributed by atoms with Crippen LogP contribution in [0.5, 0.6) is 0 Å². The predicted molar refractivity (Wildman–Crippen MR) is 116 cm³/mol. The van der Waals surface area contributed by atoms with E-state index in [4.69, 9.17) is 27.9 Å². The number of ether oxygens (including phenoxy) is 1. The van der Waals surface area contributed by atoms with Crippen molar-refractivity contribution in [2.24, 2.45) is 0 Å². The maximum Gasteiger partial charge on any atom is 0.350 e. The van der Waals surface area contributed by atoms with Crippen LogP contribution in [0.15, 0.2) is 18.2 Å². The fraction of sp³-hybridized carbons (Fsp3) is 0.250. The van der Waals surface area contributed by atoms with Gasteiger partial charge in [-0.3, -0.25) is 4.79 Å². The van der Waals surface area contributed by atoms with E-state index in [1.807, 2.05) is 0 Å². The zero-order valence-corrected chi connectivity index (χ0v) is 18.2. The fourth-order valence-electron chi connectivity index (χ4n) is 3.30. The van der Waals surface area contributed by atoms with E-state index >= 15 is 0 Å². The lowest BCUT2D eigenvalue weighted by atomic mass is 9.96. The topological polar surface area (TPSA) is 79.2 Å². The summed E-state index contributed by atoms with van der Waals surface area (Å²) >= 11 is 14.8. The molecular formula is C20H14Cl2N2O3S2. The molecule has 1 amide bonds. The van der Waals surface area contributed by atoms with Crippen molar-refractivity contribution in [3.05, 3.63) is 49.1 Å². The SMILES string of the molecule is N#Cc1c(NC(=O)COC(=O)c2sc3cc(Cl)ccc3c2Cl)sc2c1CCCC2. The normalized spacial score (nSPS) is 13.0. The lowest BCUT2D eigenvalue weighted by Gasteiger charge is -2.09. The standard InChI is InChI=1S/C20H14Cl2N2O3S2/c21-10-5-6-12-15(7-10)28-18(17(12)22)20(26)27-9-16(25)24-19-13(8-23)11-3-1-2-4-14(11)29-19/h5-7H,1-4,9H2,(H,24,25). The van der Waals surface area contributed by atoms with Gasteiger partial charge in [0, 0.05) is 20.0 Å². The van der Waals surface area contributed by atoms with Crippen LogP contribution in [0.4, 0.5) is 5.00 Å². The predicted octanol–water partition coefficient (Wildman–Crippen LogP) is 5.82. The highest BCUT2D eigenvalue weighted by atomic mass is 35.5. The zero-order valence-electron chi connectivity index (χ0n) is 15.0. The molecule has 2 heterocycles. The Bertz CT molecular complexity index is 1180. The summed E-state index contributed by atoms with van der Waals surface area (Å²) < 4.78 is 5.91. The van der Waals surface area contributed by atoms with Crippen LogP contribution in [-0.4, -0.2) is 18.5 Å². The van der Waals surface area contributed by atoms with Gasteiger partial charge in [0.25, 0.3) is 5.91 Å². The van der Waals surface area contributed by atoms with Crippen molar-refractivity contribution in [3.63, 3.8) is 0 Å². The Morgan fingerprint density at radius 3 is 2.79 bits per heavy atom. The van der Waals surface area contributed by atoms with Gasteiger partial charge in [0.1, 0.15) is 15.9 Å². The fourth-order valence-corrected chi connectivity index (χ4v) is 6.24. The van der Waals surface area contributed by atoms with E-state index in [1.54, 1.807) is 18.2 Å². The first-order valence-corrected chi connectivity index (χ1v) is 11.3. The first kappa shape index (κ1) is 20.2. The molecule has 0 unspecified atom stereocenters. The van der Waals surface area contributed by atoms with Crippen LogP contribution in [0.25, 0.3) is 10.1 Å². The maximum absolute atomic E-state index is 12.4. The highest BCUT2D eigenvalue weighted by Crippen LogP contribution is 2.38. The highest BCUT2D eigenvalue weighted by Gasteiger charge is 2.23. The van der Waals surface area contributed by atoms with Crippen LogP contribution in [-0.2, 0) is 22.4 Å². The summed E-state index contributed by atoms with van der Waals surface area (Å²) in [5, 5.41) is 14.2. The third-order valence-electron chi connectivity index (χ3n) is 4.65. The molecule has 1 aromatic carbocycles. The molecule has 0 saturated carbocycles. The van der Waals surface area contributed by atoms with Gasteiger partial charge in [0.2, 0.25) is 0 Å². The third-order valence-corrected chi connectivity index (χ3v) is 7.73. The number of halogens is 2. The Hall–Kier alpha value is -2.11. The molecule has 0 fully saturated rings. The Morgan fingerprint density at radius 1 is 1.21 bits per heavy atom. The van der Waals surface area contributed by atoms with Gasteiger partial charge >= 0.3 is 5.97 Å². The van der Waals surface area contributed by atoms with Gasteiger partial charge in [-0.25, -0.2) is 4.79 Å². The summed E-state index contributed by atoms with van der Waals surface area (Å²) in [5.41, 5.74) is 1.56. The summed E-state index contributed by atoms with van der Waals surface area (Å²) in [6, 6.07) is 7.34. The number of fused-ring (bicyclic) bond motifs is 2. The van der Waals surface area contributed by atoms with Crippen LogP contribution < -0.4 is 5.32 Å². The summed E-state index contributed by atoms with van der Waals surface area (Å²) in [5.74, 6) is -1.16. The minimum atomic E-state index is -0.673. The number of aryl methyl sites for hydroxylation is 1. The van der Waals surface area contributed by atoms with Crippen molar-refractivity contribution >= 4 is 72.8 Å². The first-order valence-electron chi connectivity index (χ1n) is 8.87. The second-order valence-electron chi connectivity index (χ2n) is 6.54. The molecule has 29 heavy (non-hydrogen) atoms. The Kier molecular flexibility index (Phi) is 5.79. The maximum atomic E-state index is 12.4. The minimum Gasteiger partial charge on any atom is -0.451 e. The molecule has 0 atom stereocenters. The second-order valence-corrected chi connectivity index (χ2v) is 9.51. The monoisotopic (exact) mass is 464 g/mol. The van der Waals surface area contributed by atoms with E-state index in [0.29, 0.717) is 21.0 Å². The molecule has 5 nitrogen and oxygen atoms in total. The van der Waals surface area contributed by atoms with Crippen LogP contribution in [0.1, 0.15) is 38.5 Å². The van der Waals surface area contributed by atoms with Crippen LogP contribution in [0, 0.1) is 11.3 Å². The van der Waals surface area contributed by atoms with Crippen LogP contribution >= 0.6 is 45.9 Å². The molecule has 4 rings (SSSR count). The highest BCUT2D eigenvalue weighted by molar-refractivity contribution is 7.21. The molecule has 0 aliphatic heterocycles. The Labute approximate surface area is 184 Å². The van der Waals surface area contributed by atoms with Gasteiger partial charge in [0.15, 0.2) is 6.61 Å². The van der Waals surface area contributed by atoms with Crippen molar-refractivity contribution in [1.82, 2.24) is 0 Å². The lowest BCUT2D eigenvalue weighted by molar-refractivity contribution is -0.119. The summed E-state index contributed by atoms with van der Waals surface area (Å²) in [7, 11) is 0. The molecule has 1 aliphatic rings. The van der Waals surface area contributed by atoms with E-state index in [2.05, 4.69) is 11.4 Å². The number of anilines is 1. The molecule has 148 valence electrons. The van der Waals surface area contributed by atoms with Gasteiger partial charge in [-0.05, 0) is 43.4 Å². The number of nitriles is 1. The Morgan fingerprint density at radius 2 is 2.00 bits per heavy atom. The summed E-state index contributed by atoms with van der Waals surface area (Å²) in [4.78, 5) is 26.1. The number of esters is 1. The number of carbonyl (C=O) groups excluding carboxylic acids is 2. The van der Waals surface area contributed by atoms with E-state index in [0.717, 1.165) is 52.2 Å². The molecule has 1 aliphatic carbocycles. The number of hydrogen-bond acceptors (Lipinski definition) is 6. The summed E-state index contributed by atoms with van der Waals surface area (Å²) in [6.07, 6.45) is 3.91.